The van der Waals surface area contributed by atoms with Crippen molar-refractivity contribution in [2.45, 2.75) is 51.6 Å². The van der Waals surface area contributed by atoms with E-state index >= 15 is 0 Å². The molecule has 2 aliphatic rings. The molecule has 0 aromatic carbocycles. The average Bonchev–Trinajstić information content (AvgIpc) is 2.89. The minimum Gasteiger partial charge on any atom is -0.381 e. The normalized spacial score (nSPS) is 30.1. The van der Waals surface area contributed by atoms with Crippen molar-refractivity contribution in [3.63, 3.8) is 0 Å². The zero-order chi connectivity index (χ0) is 14.0. The van der Waals surface area contributed by atoms with Crippen LogP contribution in [-0.2, 0) is 11.2 Å². The van der Waals surface area contributed by atoms with Crippen LogP contribution in [-0.4, -0.2) is 36.3 Å². The topological polar surface area (TPSA) is 38.2 Å². The Bertz CT molecular complexity index is 448. The molecule has 0 N–H and O–H groups in total. The van der Waals surface area contributed by atoms with E-state index in [1.165, 1.54) is 37.7 Å². The fourth-order valence-corrected chi connectivity index (χ4v) is 3.97. The van der Waals surface area contributed by atoms with E-state index in [0.29, 0.717) is 11.5 Å². The number of anilines is 1. The quantitative estimate of drug-likeness (QED) is 0.850. The second kappa shape index (κ2) is 5.68. The zero-order valence-electron chi connectivity index (χ0n) is 12.6. The molecule has 1 spiro atoms. The predicted octanol–water partition coefficient (Wildman–Crippen LogP) is 2.82. The van der Waals surface area contributed by atoms with Gasteiger partial charge >= 0.3 is 0 Å². The Morgan fingerprint density at radius 1 is 1.30 bits per heavy atom. The molecule has 4 heteroatoms. The molecule has 3 rings (SSSR count). The number of nitrogens with zero attached hydrogens (tertiary/aromatic N) is 3. The third kappa shape index (κ3) is 2.41. The van der Waals surface area contributed by atoms with Gasteiger partial charge in [-0.2, -0.15) is 0 Å². The van der Waals surface area contributed by atoms with Gasteiger partial charge in [-0.15, -0.1) is 0 Å². The number of rotatable bonds is 3. The molecule has 1 aliphatic heterocycles. The maximum Gasteiger partial charge on any atom is 0.225 e. The van der Waals surface area contributed by atoms with Gasteiger partial charge in [0.2, 0.25) is 5.95 Å². The summed E-state index contributed by atoms with van der Waals surface area (Å²) in [5.74, 6) is 0.892. The van der Waals surface area contributed by atoms with Gasteiger partial charge in [0.1, 0.15) is 0 Å². The van der Waals surface area contributed by atoms with Gasteiger partial charge in [0, 0.05) is 38.0 Å². The maximum atomic E-state index is 5.76. The van der Waals surface area contributed by atoms with Crippen LogP contribution in [0.15, 0.2) is 12.4 Å². The van der Waals surface area contributed by atoms with Crippen molar-refractivity contribution in [1.29, 1.82) is 0 Å². The highest BCUT2D eigenvalue weighted by atomic mass is 16.5. The highest BCUT2D eigenvalue weighted by molar-refractivity contribution is 5.32. The Kier molecular flexibility index (Phi) is 3.92. The molecule has 20 heavy (non-hydrogen) atoms. The Hall–Kier alpha value is -1.16. The first-order valence-electron chi connectivity index (χ1n) is 7.86. The summed E-state index contributed by atoms with van der Waals surface area (Å²) < 4.78 is 5.76. The van der Waals surface area contributed by atoms with Crippen LogP contribution >= 0.6 is 0 Å². The van der Waals surface area contributed by atoms with Crippen molar-refractivity contribution in [2.24, 2.45) is 5.41 Å². The molecule has 4 nitrogen and oxygen atoms in total. The van der Waals surface area contributed by atoms with Crippen LogP contribution in [0.5, 0.6) is 0 Å². The lowest BCUT2D eigenvalue weighted by molar-refractivity contribution is 0.00204. The molecule has 110 valence electrons. The van der Waals surface area contributed by atoms with Crippen molar-refractivity contribution < 1.29 is 4.74 Å². The number of aryl methyl sites for hydroxylation is 1. The summed E-state index contributed by atoms with van der Waals surface area (Å²) in [5.41, 5.74) is 1.54. The van der Waals surface area contributed by atoms with Gasteiger partial charge in [-0.25, -0.2) is 9.97 Å². The molecule has 1 saturated heterocycles. The molecule has 1 aromatic heterocycles. The van der Waals surface area contributed by atoms with Crippen LogP contribution in [0.4, 0.5) is 5.95 Å². The number of hydrogen-bond donors (Lipinski definition) is 0. The monoisotopic (exact) mass is 275 g/mol. The number of hydrogen-bond acceptors (Lipinski definition) is 4. The molecule has 1 aliphatic carbocycles. The van der Waals surface area contributed by atoms with Crippen LogP contribution in [0.2, 0.25) is 0 Å². The average molecular weight is 275 g/mol. The lowest BCUT2D eigenvalue weighted by Gasteiger charge is -2.43. The number of piperidine rings is 1. The molecule has 1 aromatic rings. The van der Waals surface area contributed by atoms with Crippen molar-refractivity contribution >= 4 is 5.95 Å². The highest BCUT2D eigenvalue weighted by Crippen LogP contribution is 2.46. The Balaban J connectivity index is 1.77. The standard InChI is InChI=1S/C16H25N3O/c1-3-13-10-17-15(18-11-13)19-9-5-8-16(12-19)7-4-6-14(16)20-2/h10-11,14H,3-9,12H2,1-2H3/t14-,16-/m1/s1. The first-order valence-corrected chi connectivity index (χ1v) is 7.86. The van der Waals surface area contributed by atoms with E-state index in [4.69, 9.17) is 4.74 Å². The minimum atomic E-state index is 0.333. The third-order valence-electron chi connectivity index (χ3n) is 5.10. The van der Waals surface area contributed by atoms with E-state index in [1.54, 1.807) is 0 Å². The molecule has 0 unspecified atom stereocenters. The van der Waals surface area contributed by atoms with Crippen LogP contribution in [0.3, 0.4) is 0 Å². The van der Waals surface area contributed by atoms with E-state index < -0.39 is 0 Å². The fourth-order valence-electron chi connectivity index (χ4n) is 3.97. The maximum absolute atomic E-state index is 5.76. The van der Waals surface area contributed by atoms with Crippen molar-refractivity contribution in [2.75, 3.05) is 25.1 Å². The minimum absolute atomic E-state index is 0.333. The lowest BCUT2D eigenvalue weighted by Crippen LogP contribution is -2.48. The molecule has 0 radical (unpaired) electrons. The summed E-state index contributed by atoms with van der Waals surface area (Å²) >= 11 is 0. The van der Waals surface area contributed by atoms with Crippen molar-refractivity contribution in [3.05, 3.63) is 18.0 Å². The Morgan fingerprint density at radius 2 is 2.05 bits per heavy atom. The summed E-state index contributed by atoms with van der Waals surface area (Å²) in [7, 11) is 1.86. The Morgan fingerprint density at radius 3 is 2.75 bits per heavy atom. The predicted molar refractivity (Wildman–Crippen MR) is 79.9 cm³/mol. The van der Waals surface area contributed by atoms with Gasteiger partial charge < -0.3 is 9.64 Å². The van der Waals surface area contributed by atoms with E-state index in [0.717, 1.165) is 25.5 Å². The first-order chi connectivity index (χ1) is 9.77. The molecule has 2 heterocycles. The van der Waals surface area contributed by atoms with E-state index in [1.807, 2.05) is 19.5 Å². The largest absolute Gasteiger partial charge is 0.381 e. The fraction of sp³-hybridized carbons (Fsp3) is 0.750. The van der Waals surface area contributed by atoms with Crippen LogP contribution < -0.4 is 4.90 Å². The Labute approximate surface area is 121 Å². The van der Waals surface area contributed by atoms with Crippen molar-refractivity contribution in [1.82, 2.24) is 9.97 Å². The summed E-state index contributed by atoms with van der Waals surface area (Å²) in [6, 6.07) is 0. The molecular formula is C16H25N3O. The second-order valence-electron chi connectivity index (χ2n) is 6.25. The summed E-state index contributed by atoms with van der Waals surface area (Å²) in [4.78, 5) is 11.5. The van der Waals surface area contributed by atoms with E-state index in [-0.39, 0.29) is 0 Å². The number of ether oxygens (including phenoxy) is 1. The van der Waals surface area contributed by atoms with E-state index in [2.05, 4.69) is 21.8 Å². The van der Waals surface area contributed by atoms with Crippen LogP contribution in [0.1, 0.15) is 44.6 Å². The second-order valence-corrected chi connectivity index (χ2v) is 6.25. The van der Waals surface area contributed by atoms with Crippen LogP contribution in [0, 0.1) is 5.41 Å². The molecule has 0 bridgehead atoms. The van der Waals surface area contributed by atoms with Crippen LogP contribution in [0.25, 0.3) is 0 Å². The zero-order valence-corrected chi connectivity index (χ0v) is 12.6. The molecule has 0 amide bonds. The highest BCUT2D eigenvalue weighted by Gasteiger charge is 2.46. The molecule has 2 fully saturated rings. The number of methoxy groups -OCH3 is 1. The molecule has 2 atom stereocenters. The van der Waals surface area contributed by atoms with Gasteiger partial charge in [-0.1, -0.05) is 13.3 Å². The van der Waals surface area contributed by atoms with E-state index in [9.17, 15) is 0 Å². The summed E-state index contributed by atoms with van der Waals surface area (Å²) in [6.07, 6.45) is 11.6. The molecular weight excluding hydrogens is 250 g/mol. The summed E-state index contributed by atoms with van der Waals surface area (Å²) in [6.45, 7) is 4.26. The van der Waals surface area contributed by atoms with Gasteiger partial charge in [0.15, 0.2) is 0 Å². The third-order valence-corrected chi connectivity index (χ3v) is 5.10. The first kappa shape index (κ1) is 13.8. The van der Waals surface area contributed by atoms with Gasteiger partial charge in [0.25, 0.3) is 0 Å². The van der Waals surface area contributed by atoms with Gasteiger partial charge in [0.05, 0.1) is 6.10 Å². The van der Waals surface area contributed by atoms with Gasteiger partial charge in [-0.05, 0) is 37.7 Å². The molecule has 1 saturated carbocycles. The van der Waals surface area contributed by atoms with Gasteiger partial charge in [-0.3, -0.25) is 0 Å². The lowest BCUT2D eigenvalue weighted by atomic mass is 9.76. The summed E-state index contributed by atoms with van der Waals surface area (Å²) in [5, 5.41) is 0. The number of aromatic nitrogens is 2. The SMILES string of the molecule is CCc1cnc(N2CCC[C@]3(CCC[C@H]3OC)C2)nc1. The van der Waals surface area contributed by atoms with Crippen molar-refractivity contribution in [3.8, 4) is 0 Å². The smallest absolute Gasteiger partial charge is 0.225 e.